The number of benzene rings is 6. The van der Waals surface area contributed by atoms with E-state index in [1.54, 1.807) is 54.6 Å². The Morgan fingerprint density at radius 2 is 1.32 bits per heavy atom. The Morgan fingerprint density at radius 3 is 2.02 bits per heavy atom. The molecule has 7 aromatic rings. The minimum atomic E-state index is -4.98. The van der Waals surface area contributed by atoms with E-state index in [2.05, 4.69) is 46.0 Å². The average molecular weight is 828 g/mol. The first-order chi connectivity index (χ1) is 27.2. The Labute approximate surface area is 327 Å². The predicted octanol–water partition coefficient (Wildman–Crippen LogP) is 9.06. The lowest BCUT2D eigenvalue weighted by molar-refractivity contribution is 0.416. The number of aromatic nitrogens is 3. The molecule has 0 amide bonds. The molecule has 0 aliphatic rings. The summed E-state index contributed by atoms with van der Waals surface area (Å²) in [5, 5.41) is 43.9. The quantitative estimate of drug-likeness (QED) is 0.0524. The maximum absolute atomic E-state index is 12.8. The van der Waals surface area contributed by atoms with E-state index in [0.717, 1.165) is 6.07 Å². The molecule has 0 aliphatic heterocycles. The zero-order chi connectivity index (χ0) is 40.5. The lowest BCUT2D eigenvalue weighted by Crippen LogP contribution is -2.08. The summed E-state index contributed by atoms with van der Waals surface area (Å²) in [7, 11) is -8.41. The van der Waals surface area contributed by atoms with Crippen molar-refractivity contribution in [1.82, 2.24) is 15.0 Å². The van der Waals surface area contributed by atoms with Crippen molar-refractivity contribution in [3.63, 3.8) is 0 Å². The number of aromatic hydroxyl groups is 2. The summed E-state index contributed by atoms with van der Waals surface area (Å²) in [5.74, 6) is -1.19. The molecule has 6 aromatic carbocycles. The number of ether oxygens (including phenoxy) is 1. The van der Waals surface area contributed by atoms with Gasteiger partial charge < -0.3 is 25.6 Å². The monoisotopic (exact) mass is 827 g/mol. The molecule has 0 aliphatic carbocycles. The fraction of sp³-hybridized carbons (Fsp3) is 0.0278. The van der Waals surface area contributed by atoms with Gasteiger partial charge in [0.15, 0.2) is 11.5 Å². The number of nitrogens with zero attached hydrogens (tertiary/aromatic N) is 7. The van der Waals surface area contributed by atoms with Crippen LogP contribution in [-0.4, -0.2) is 58.2 Å². The van der Waals surface area contributed by atoms with Crippen LogP contribution in [0, 0.1) is 0 Å². The van der Waals surface area contributed by atoms with Crippen LogP contribution in [0.3, 0.4) is 0 Å². The molecule has 6 N–H and O–H groups in total. The van der Waals surface area contributed by atoms with Gasteiger partial charge in [-0.1, -0.05) is 48.5 Å². The van der Waals surface area contributed by atoms with Gasteiger partial charge in [-0.25, -0.2) is 0 Å². The summed E-state index contributed by atoms with van der Waals surface area (Å²) < 4.78 is 75.9. The fourth-order valence-corrected chi connectivity index (χ4v) is 7.40. The molecule has 0 bridgehead atoms. The Balaban J connectivity index is 1.25. The number of anilines is 4. The van der Waals surface area contributed by atoms with Gasteiger partial charge in [0.1, 0.15) is 32.6 Å². The van der Waals surface area contributed by atoms with Crippen molar-refractivity contribution in [1.29, 1.82) is 0 Å². The van der Waals surface area contributed by atoms with E-state index in [1.807, 2.05) is 0 Å². The lowest BCUT2D eigenvalue weighted by Gasteiger charge is -2.15. The maximum Gasteiger partial charge on any atom is 0.297 e. The SMILES string of the molecule is COc1ccccc1/N=N/c1ccc2c(S(=O)(=O)O)c(Nc3nc(Cl)nc(Nc4cccc5cc(S(=O)(=O)O)c(/N=N/c6ccccc6)c(O)c45)n3)ccc2c1O. The second-order valence-corrected chi connectivity index (χ2v) is 14.9. The van der Waals surface area contributed by atoms with Crippen molar-refractivity contribution in [3.8, 4) is 17.2 Å². The summed E-state index contributed by atoms with van der Waals surface area (Å²) in [6, 6.07) is 25.9. The Kier molecular flexibility index (Phi) is 10.4. The van der Waals surface area contributed by atoms with Crippen molar-refractivity contribution in [3.05, 3.63) is 108 Å². The number of hydrogen-bond acceptors (Lipinski definition) is 16. The number of hydrogen-bond donors (Lipinski definition) is 6. The van der Waals surface area contributed by atoms with Crippen molar-refractivity contribution in [2.45, 2.75) is 9.79 Å². The summed E-state index contributed by atoms with van der Waals surface area (Å²) in [4.78, 5) is 11.0. The van der Waals surface area contributed by atoms with E-state index in [9.17, 15) is 36.2 Å². The maximum atomic E-state index is 12.8. The van der Waals surface area contributed by atoms with Crippen molar-refractivity contribution in [2.75, 3.05) is 17.7 Å². The second-order valence-electron chi connectivity index (χ2n) is 11.8. The van der Waals surface area contributed by atoms with Gasteiger partial charge in [-0.2, -0.15) is 36.9 Å². The first-order valence-electron chi connectivity index (χ1n) is 16.2. The van der Waals surface area contributed by atoms with Crippen LogP contribution in [0.25, 0.3) is 21.5 Å². The minimum absolute atomic E-state index is 0.00423. The van der Waals surface area contributed by atoms with Crippen molar-refractivity contribution in [2.24, 2.45) is 20.5 Å². The molecule has 0 atom stereocenters. The summed E-state index contributed by atoms with van der Waals surface area (Å²) in [6.07, 6.45) is 0. The van der Waals surface area contributed by atoms with E-state index in [4.69, 9.17) is 16.3 Å². The fourth-order valence-electron chi connectivity index (χ4n) is 5.73. The number of fused-ring (bicyclic) bond motifs is 2. The van der Waals surface area contributed by atoms with Crippen LogP contribution in [0.5, 0.6) is 17.2 Å². The Bertz CT molecular complexity index is 3010. The highest BCUT2D eigenvalue weighted by Crippen LogP contribution is 2.45. The third kappa shape index (κ3) is 8.10. The third-order valence-electron chi connectivity index (χ3n) is 8.19. The average Bonchev–Trinajstić information content (AvgIpc) is 3.16. The van der Waals surface area contributed by atoms with Crippen LogP contribution >= 0.6 is 11.6 Å². The number of para-hydroxylation sites is 1. The van der Waals surface area contributed by atoms with Crippen molar-refractivity contribution >= 4 is 99.4 Å². The van der Waals surface area contributed by atoms with Crippen LogP contribution in [0.4, 0.5) is 46.0 Å². The van der Waals surface area contributed by atoms with Gasteiger partial charge in [-0.15, -0.1) is 15.3 Å². The largest absolute Gasteiger partial charge is 0.505 e. The van der Waals surface area contributed by atoms with Gasteiger partial charge in [0, 0.05) is 16.2 Å². The smallest absolute Gasteiger partial charge is 0.297 e. The van der Waals surface area contributed by atoms with E-state index >= 15 is 0 Å². The molecular weight excluding hydrogens is 802 g/mol. The van der Waals surface area contributed by atoms with Gasteiger partial charge in [-0.05, 0) is 71.6 Å². The Morgan fingerprint density at radius 1 is 0.649 bits per heavy atom. The van der Waals surface area contributed by atoms with Gasteiger partial charge in [0.2, 0.25) is 17.2 Å². The lowest BCUT2D eigenvalue weighted by atomic mass is 10.1. The van der Waals surface area contributed by atoms with Crippen LogP contribution in [0.1, 0.15) is 0 Å². The molecule has 7 rings (SSSR count). The predicted molar refractivity (Wildman–Crippen MR) is 210 cm³/mol. The zero-order valence-electron chi connectivity index (χ0n) is 29.0. The number of phenols is 2. The topological polar surface area (TPSA) is 271 Å². The zero-order valence-corrected chi connectivity index (χ0v) is 31.4. The van der Waals surface area contributed by atoms with Crippen LogP contribution in [0.15, 0.2) is 133 Å². The van der Waals surface area contributed by atoms with E-state index in [-0.39, 0.29) is 55.8 Å². The van der Waals surface area contributed by atoms with E-state index in [1.165, 1.54) is 49.6 Å². The molecule has 18 nitrogen and oxygen atoms in total. The summed E-state index contributed by atoms with van der Waals surface area (Å²) >= 11 is 6.24. The highest BCUT2D eigenvalue weighted by molar-refractivity contribution is 7.86. The third-order valence-corrected chi connectivity index (χ3v) is 10.2. The molecule has 21 heteroatoms. The molecule has 57 heavy (non-hydrogen) atoms. The van der Waals surface area contributed by atoms with Crippen LogP contribution < -0.4 is 15.4 Å². The molecule has 0 spiro atoms. The normalized spacial score (nSPS) is 12.1. The molecule has 288 valence electrons. The molecule has 1 heterocycles. The van der Waals surface area contributed by atoms with Gasteiger partial charge in [-0.3, -0.25) is 9.11 Å². The van der Waals surface area contributed by atoms with Crippen LogP contribution in [0.2, 0.25) is 5.28 Å². The van der Waals surface area contributed by atoms with E-state index < -0.39 is 47.2 Å². The van der Waals surface area contributed by atoms with Gasteiger partial charge >= 0.3 is 0 Å². The molecular formula is C36H26ClN9O9S2. The number of halogens is 1. The van der Waals surface area contributed by atoms with Gasteiger partial charge in [0.25, 0.3) is 20.2 Å². The number of azo groups is 2. The highest BCUT2D eigenvalue weighted by atomic mass is 35.5. The number of methoxy groups -OCH3 is 1. The number of phenolic OH excluding ortho intramolecular Hbond substituents is 2. The first-order valence-corrected chi connectivity index (χ1v) is 19.5. The number of nitrogens with one attached hydrogen (secondary N) is 2. The van der Waals surface area contributed by atoms with E-state index in [0.29, 0.717) is 17.1 Å². The summed E-state index contributed by atoms with van der Waals surface area (Å²) in [5.41, 5.74) is 0.0634. The number of rotatable bonds is 11. The van der Waals surface area contributed by atoms with Crippen molar-refractivity contribution < 1.29 is 40.9 Å². The highest BCUT2D eigenvalue weighted by Gasteiger charge is 2.25. The molecule has 0 saturated heterocycles. The first kappa shape index (κ1) is 38.4. The van der Waals surface area contributed by atoms with Crippen LogP contribution in [-0.2, 0) is 20.2 Å². The molecule has 1 aromatic heterocycles. The van der Waals surface area contributed by atoms with Gasteiger partial charge in [0.05, 0.1) is 24.2 Å². The second kappa shape index (κ2) is 15.4. The summed E-state index contributed by atoms with van der Waals surface area (Å²) in [6.45, 7) is 0. The molecule has 0 unspecified atom stereocenters. The molecule has 0 saturated carbocycles. The Hall–Kier alpha value is -6.84. The minimum Gasteiger partial charge on any atom is -0.505 e. The standard InChI is InChI=1S/C36H26ClN9O9S2/c1-55-27-13-6-5-11-23(27)44-45-25-16-15-22-21(31(25)47)14-17-26(33(22)57(52,53)54)39-36-41-34(37)40-35(42-36)38-24-12-7-8-19-18-28(56(49,50)51)30(32(48)29(19)24)46-43-20-9-3-2-4-10-20/h2-18,47-48H,1H3,(H,49,50,51)(H,52,53,54)(H2,38,39,40,41,42)/b45-44+,46-43+. The molecule has 0 radical (unpaired) electrons. The molecule has 0 fully saturated rings.